The largest absolute Gasteiger partial charge is 0.338 e. The van der Waals surface area contributed by atoms with Gasteiger partial charge in [0.2, 0.25) is 0 Å². The van der Waals surface area contributed by atoms with Crippen molar-refractivity contribution < 1.29 is 9.59 Å². The summed E-state index contributed by atoms with van der Waals surface area (Å²) in [5, 5.41) is 2.82. The highest BCUT2D eigenvalue weighted by Crippen LogP contribution is 2.37. The molecule has 2 heterocycles. The molecule has 1 aromatic heterocycles. The summed E-state index contributed by atoms with van der Waals surface area (Å²) in [7, 11) is 0. The molecule has 2 aromatic rings. The Hall–Kier alpha value is -2.73. The van der Waals surface area contributed by atoms with Crippen LogP contribution in [0.4, 0.5) is 5.69 Å². The topological polar surface area (TPSA) is 88.3 Å². The highest BCUT2D eigenvalue weighted by atomic mass is 16.2. The molecule has 1 aliphatic carbocycles. The first-order valence-electron chi connectivity index (χ1n) is 8.98. The van der Waals surface area contributed by atoms with Crippen molar-refractivity contribution in [3.05, 3.63) is 59.9 Å². The summed E-state index contributed by atoms with van der Waals surface area (Å²) in [4.78, 5) is 31.0. The number of carbonyl (C=O) groups is 2. The molecule has 134 valence electrons. The average Bonchev–Trinajstić information content (AvgIpc) is 3.24. The number of nitrogens with zero attached hydrogens (tertiary/aromatic N) is 2. The van der Waals surface area contributed by atoms with Crippen LogP contribution in [0.3, 0.4) is 0 Å². The Kier molecular flexibility index (Phi) is 4.42. The SMILES string of the molecule is NC1CCC2CN(C(=O)c3cccc(NC(=O)c4cccnc4)c3)CC12. The number of benzene rings is 1. The van der Waals surface area contributed by atoms with Gasteiger partial charge >= 0.3 is 0 Å². The van der Waals surface area contributed by atoms with Crippen LogP contribution in [-0.2, 0) is 0 Å². The van der Waals surface area contributed by atoms with Gasteiger partial charge in [0.1, 0.15) is 0 Å². The molecule has 0 bridgehead atoms. The molecule has 1 aliphatic heterocycles. The molecule has 6 nitrogen and oxygen atoms in total. The summed E-state index contributed by atoms with van der Waals surface area (Å²) in [5.74, 6) is 0.711. The summed E-state index contributed by atoms with van der Waals surface area (Å²) in [5.41, 5.74) is 7.83. The number of carbonyl (C=O) groups excluding carboxylic acids is 2. The highest BCUT2D eigenvalue weighted by molar-refractivity contribution is 6.05. The monoisotopic (exact) mass is 350 g/mol. The van der Waals surface area contributed by atoms with Gasteiger partial charge in [-0.1, -0.05) is 6.07 Å². The molecule has 2 aliphatic rings. The van der Waals surface area contributed by atoms with Crippen molar-refractivity contribution in [2.75, 3.05) is 18.4 Å². The summed E-state index contributed by atoms with van der Waals surface area (Å²) < 4.78 is 0. The first kappa shape index (κ1) is 16.7. The molecule has 2 amide bonds. The van der Waals surface area contributed by atoms with E-state index in [0.29, 0.717) is 28.7 Å². The van der Waals surface area contributed by atoms with Gasteiger partial charge in [-0.3, -0.25) is 14.6 Å². The van der Waals surface area contributed by atoms with E-state index in [2.05, 4.69) is 10.3 Å². The average molecular weight is 350 g/mol. The fourth-order valence-corrected chi connectivity index (χ4v) is 4.09. The molecule has 6 heteroatoms. The van der Waals surface area contributed by atoms with Crippen molar-refractivity contribution in [1.29, 1.82) is 0 Å². The Labute approximate surface area is 152 Å². The maximum absolute atomic E-state index is 12.9. The number of hydrogen-bond donors (Lipinski definition) is 2. The first-order valence-corrected chi connectivity index (χ1v) is 8.98. The summed E-state index contributed by atoms with van der Waals surface area (Å²) in [6, 6.07) is 10.7. The third kappa shape index (κ3) is 3.20. The second-order valence-electron chi connectivity index (χ2n) is 7.15. The van der Waals surface area contributed by atoms with E-state index >= 15 is 0 Å². The van der Waals surface area contributed by atoms with E-state index in [1.54, 1.807) is 42.6 Å². The van der Waals surface area contributed by atoms with Gasteiger partial charge in [-0.15, -0.1) is 0 Å². The highest BCUT2D eigenvalue weighted by Gasteiger charge is 2.42. The molecular weight excluding hydrogens is 328 g/mol. The molecule has 0 radical (unpaired) electrons. The Balaban J connectivity index is 1.46. The standard InChI is InChI=1S/C20H22N4O2/c21-18-7-6-15-11-24(12-17(15)18)20(26)13-3-1-5-16(9-13)23-19(25)14-4-2-8-22-10-14/h1-5,8-10,15,17-18H,6-7,11-12,21H2,(H,23,25). The lowest BCUT2D eigenvalue weighted by Gasteiger charge is -2.19. The quantitative estimate of drug-likeness (QED) is 0.888. The number of likely N-dealkylation sites (tertiary alicyclic amines) is 1. The third-order valence-electron chi connectivity index (χ3n) is 5.49. The molecule has 1 saturated carbocycles. The lowest BCUT2D eigenvalue weighted by atomic mass is 9.98. The van der Waals surface area contributed by atoms with E-state index in [-0.39, 0.29) is 17.9 Å². The van der Waals surface area contributed by atoms with Gasteiger partial charge in [0.15, 0.2) is 0 Å². The fraction of sp³-hybridized carbons (Fsp3) is 0.350. The predicted octanol–water partition coefficient (Wildman–Crippen LogP) is 2.14. The van der Waals surface area contributed by atoms with Gasteiger partial charge in [0.25, 0.3) is 11.8 Å². The maximum atomic E-state index is 12.9. The Morgan fingerprint density at radius 2 is 1.96 bits per heavy atom. The van der Waals surface area contributed by atoms with Crippen molar-refractivity contribution >= 4 is 17.5 Å². The normalized spacial score (nSPS) is 24.3. The van der Waals surface area contributed by atoms with Gasteiger partial charge in [-0.2, -0.15) is 0 Å². The number of nitrogens with two attached hydrogens (primary N) is 1. The Morgan fingerprint density at radius 3 is 2.73 bits per heavy atom. The molecular formula is C20H22N4O2. The number of hydrogen-bond acceptors (Lipinski definition) is 4. The van der Waals surface area contributed by atoms with Crippen LogP contribution in [0.25, 0.3) is 0 Å². The number of rotatable bonds is 3. The zero-order valence-electron chi connectivity index (χ0n) is 14.5. The zero-order valence-corrected chi connectivity index (χ0v) is 14.5. The van der Waals surface area contributed by atoms with Crippen LogP contribution in [0, 0.1) is 11.8 Å². The molecule has 26 heavy (non-hydrogen) atoms. The number of fused-ring (bicyclic) bond motifs is 1. The van der Waals surface area contributed by atoms with Gasteiger partial charge in [-0.25, -0.2) is 0 Å². The summed E-state index contributed by atoms with van der Waals surface area (Å²) in [6.45, 7) is 1.51. The van der Waals surface area contributed by atoms with Gasteiger partial charge < -0.3 is 16.0 Å². The van der Waals surface area contributed by atoms with E-state index < -0.39 is 0 Å². The lowest BCUT2D eigenvalue weighted by Crippen LogP contribution is -2.33. The van der Waals surface area contributed by atoms with Crippen LogP contribution in [0.1, 0.15) is 33.6 Å². The summed E-state index contributed by atoms with van der Waals surface area (Å²) >= 11 is 0. The minimum absolute atomic E-state index is 0.00377. The Morgan fingerprint density at radius 1 is 1.12 bits per heavy atom. The van der Waals surface area contributed by atoms with Crippen molar-refractivity contribution in [2.45, 2.75) is 18.9 Å². The van der Waals surface area contributed by atoms with Crippen LogP contribution in [-0.4, -0.2) is 40.8 Å². The van der Waals surface area contributed by atoms with Crippen molar-refractivity contribution in [2.24, 2.45) is 17.6 Å². The fourth-order valence-electron chi connectivity index (χ4n) is 4.09. The molecule has 3 unspecified atom stereocenters. The van der Waals surface area contributed by atoms with Crippen molar-refractivity contribution in [3.8, 4) is 0 Å². The van der Waals surface area contributed by atoms with Crippen LogP contribution in [0.5, 0.6) is 0 Å². The molecule has 0 spiro atoms. The molecule has 3 N–H and O–H groups in total. The number of amides is 2. The molecule has 1 aromatic carbocycles. The minimum Gasteiger partial charge on any atom is -0.338 e. The van der Waals surface area contributed by atoms with Crippen molar-refractivity contribution in [3.63, 3.8) is 0 Å². The van der Waals surface area contributed by atoms with E-state index in [1.165, 1.54) is 6.20 Å². The maximum Gasteiger partial charge on any atom is 0.257 e. The number of anilines is 1. The second-order valence-corrected chi connectivity index (χ2v) is 7.15. The van der Waals surface area contributed by atoms with Crippen LogP contribution < -0.4 is 11.1 Å². The van der Waals surface area contributed by atoms with E-state index in [9.17, 15) is 9.59 Å². The predicted molar refractivity (Wildman–Crippen MR) is 98.7 cm³/mol. The number of aromatic nitrogens is 1. The third-order valence-corrected chi connectivity index (χ3v) is 5.49. The van der Waals surface area contributed by atoms with Gasteiger partial charge in [0.05, 0.1) is 5.56 Å². The molecule has 1 saturated heterocycles. The van der Waals surface area contributed by atoms with Crippen LogP contribution >= 0.6 is 0 Å². The van der Waals surface area contributed by atoms with Crippen molar-refractivity contribution in [1.82, 2.24) is 9.88 Å². The van der Waals surface area contributed by atoms with Gasteiger partial charge in [-0.05, 0) is 55.0 Å². The van der Waals surface area contributed by atoms with Crippen LogP contribution in [0.15, 0.2) is 48.8 Å². The van der Waals surface area contributed by atoms with Crippen LogP contribution in [0.2, 0.25) is 0 Å². The number of pyridine rings is 1. The lowest BCUT2D eigenvalue weighted by molar-refractivity contribution is 0.0779. The van der Waals surface area contributed by atoms with E-state index in [1.807, 2.05) is 4.90 Å². The summed E-state index contributed by atoms with van der Waals surface area (Å²) in [6.07, 6.45) is 5.30. The minimum atomic E-state index is -0.246. The van der Waals surface area contributed by atoms with E-state index in [0.717, 1.165) is 25.9 Å². The molecule has 4 rings (SSSR count). The first-order chi connectivity index (χ1) is 12.6. The van der Waals surface area contributed by atoms with Gasteiger partial charge in [0, 0.05) is 42.8 Å². The van der Waals surface area contributed by atoms with E-state index in [4.69, 9.17) is 5.73 Å². The number of nitrogens with one attached hydrogen (secondary N) is 1. The Bertz CT molecular complexity index is 824. The zero-order chi connectivity index (χ0) is 18.1. The molecule has 2 fully saturated rings. The molecule has 3 atom stereocenters. The second kappa shape index (κ2) is 6.88. The smallest absolute Gasteiger partial charge is 0.257 e.